The van der Waals surface area contributed by atoms with Crippen LogP contribution in [0.15, 0.2) is 36.5 Å². The van der Waals surface area contributed by atoms with Gasteiger partial charge in [-0.1, -0.05) is 24.3 Å². The van der Waals surface area contributed by atoms with Crippen molar-refractivity contribution in [1.29, 1.82) is 0 Å². The zero-order valence-corrected chi connectivity index (χ0v) is 13.2. The first-order valence-electron chi connectivity index (χ1n) is 7.94. The van der Waals surface area contributed by atoms with Crippen LogP contribution in [-0.4, -0.2) is 10.9 Å². The zero-order valence-electron chi connectivity index (χ0n) is 13.2. The Morgan fingerprint density at radius 3 is 2.36 bits per heavy atom. The molecule has 1 heterocycles. The van der Waals surface area contributed by atoms with Crippen LogP contribution in [0.2, 0.25) is 0 Å². The number of amides is 1. The van der Waals surface area contributed by atoms with Crippen LogP contribution in [0.5, 0.6) is 0 Å². The summed E-state index contributed by atoms with van der Waals surface area (Å²) in [4.78, 5) is 16.8. The number of fused-ring (bicyclic) bond motifs is 1. The molecule has 0 spiro atoms. The van der Waals surface area contributed by atoms with Gasteiger partial charge in [0.25, 0.3) is 0 Å². The highest BCUT2D eigenvalue weighted by atomic mass is 16.1. The molecule has 0 radical (unpaired) electrons. The van der Waals surface area contributed by atoms with Gasteiger partial charge in [0.1, 0.15) is 0 Å². The lowest BCUT2D eigenvalue weighted by atomic mass is 9.98. The number of pyridine rings is 1. The molecular formula is C19H22N2O. The fourth-order valence-electron chi connectivity index (χ4n) is 3.07. The van der Waals surface area contributed by atoms with E-state index < -0.39 is 0 Å². The molecule has 1 aromatic heterocycles. The summed E-state index contributed by atoms with van der Waals surface area (Å²) in [7, 11) is 0. The standard InChI is InChI=1S/C19H22N2O/c1-13-11-18(12-20-14(13)2)21-19(22)17-9-7-15-5-3-4-6-16(15)8-10-17/h3-6,11-12,17H,7-10H2,1-2H3,(H,21,22). The molecule has 0 fully saturated rings. The molecule has 1 aromatic carbocycles. The van der Waals surface area contributed by atoms with E-state index in [1.165, 1.54) is 11.1 Å². The van der Waals surface area contributed by atoms with E-state index in [9.17, 15) is 4.79 Å². The minimum absolute atomic E-state index is 0.0778. The molecule has 22 heavy (non-hydrogen) atoms. The molecule has 0 unspecified atom stereocenters. The van der Waals surface area contributed by atoms with Crippen LogP contribution in [0.25, 0.3) is 0 Å². The number of anilines is 1. The van der Waals surface area contributed by atoms with Crippen molar-refractivity contribution in [2.75, 3.05) is 5.32 Å². The van der Waals surface area contributed by atoms with Gasteiger partial charge in [-0.15, -0.1) is 0 Å². The SMILES string of the molecule is Cc1cc(NC(=O)C2CCc3ccccc3CC2)cnc1C. The lowest BCUT2D eigenvalue weighted by molar-refractivity contribution is -0.120. The molecule has 114 valence electrons. The van der Waals surface area contributed by atoms with Crippen LogP contribution in [-0.2, 0) is 17.6 Å². The molecule has 0 saturated carbocycles. The molecule has 0 saturated heterocycles. The van der Waals surface area contributed by atoms with Crippen molar-refractivity contribution in [2.24, 2.45) is 5.92 Å². The first kappa shape index (κ1) is 14.8. The number of hydrogen-bond donors (Lipinski definition) is 1. The van der Waals surface area contributed by atoms with Gasteiger partial charge in [-0.2, -0.15) is 0 Å². The van der Waals surface area contributed by atoms with Crippen LogP contribution in [0, 0.1) is 19.8 Å². The monoisotopic (exact) mass is 294 g/mol. The maximum Gasteiger partial charge on any atom is 0.227 e. The molecule has 0 bridgehead atoms. The minimum atomic E-state index is 0.0778. The van der Waals surface area contributed by atoms with E-state index in [0.717, 1.165) is 42.6 Å². The third-order valence-electron chi connectivity index (χ3n) is 4.62. The van der Waals surface area contributed by atoms with E-state index in [2.05, 4.69) is 34.6 Å². The predicted octanol–water partition coefficient (Wildman–Crippen LogP) is 3.83. The number of nitrogens with one attached hydrogen (secondary N) is 1. The number of carbonyl (C=O) groups is 1. The molecule has 1 amide bonds. The van der Waals surface area contributed by atoms with Crippen molar-refractivity contribution < 1.29 is 4.79 Å². The zero-order chi connectivity index (χ0) is 15.5. The Morgan fingerprint density at radius 1 is 1.14 bits per heavy atom. The van der Waals surface area contributed by atoms with Crippen molar-refractivity contribution in [3.63, 3.8) is 0 Å². The van der Waals surface area contributed by atoms with Crippen molar-refractivity contribution in [1.82, 2.24) is 4.98 Å². The van der Waals surface area contributed by atoms with Crippen LogP contribution >= 0.6 is 0 Å². The van der Waals surface area contributed by atoms with Gasteiger partial charge in [0.15, 0.2) is 0 Å². The van der Waals surface area contributed by atoms with E-state index >= 15 is 0 Å². The van der Waals surface area contributed by atoms with Gasteiger partial charge in [-0.05, 0) is 62.3 Å². The van der Waals surface area contributed by atoms with Gasteiger partial charge < -0.3 is 5.32 Å². The smallest absolute Gasteiger partial charge is 0.227 e. The number of benzene rings is 1. The van der Waals surface area contributed by atoms with Gasteiger partial charge in [0, 0.05) is 11.6 Å². The normalized spacial score (nSPS) is 15.0. The Labute approximate surface area is 131 Å². The second kappa shape index (κ2) is 6.30. The largest absolute Gasteiger partial charge is 0.324 e. The molecule has 1 N–H and O–H groups in total. The number of hydrogen-bond acceptors (Lipinski definition) is 2. The molecule has 3 nitrogen and oxygen atoms in total. The van der Waals surface area contributed by atoms with E-state index in [0.29, 0.717) is 0 Å². The summed E-state index contributed by atoms with van der Waals surface area (Å²) in [5.74, 6) is 0.201. The Hall–Kier alpha value is -2.16. The van der Waals surface area contributed by atoms with Crippen molar-refractivity contribution >= 4 is 11.6 Å². The van der Waals surface area contributed by atoms with Crippen LogP contribution < -0.4 is 5.32 Å². The lowest BCUT2D eigenvalue weighted by Crippen LogP contribution is -2.23. The summed E-state index contributed by atoms with van der Waals surface area (Å²) in [5, 5.41) is 3.03. The van der Waals surface area contributed by atoms with Crippen molar-refractivity contribution in [3.05, 3.63) is 58.9 Å². The second-order valence-corrected chi connectivity index (χ2v) is 6.16. The Balaban J connectivity index is 1.67. The number of aryl methyl sites for hydroxylation is 4. The van der Waals surface area contributed by atoms with Gasteiger partial charge in [0.2, 0.25) is 5.91 Å². The fraction of sp³-hybridized carbons (Fsp3) is 0.368. The fourth-order valence-corrected chi connectivity index (χ4v) is 3.07. The van der Waals surface area contributed by atoms with E-state index in [-0.39, 0.29) is 11.8 Å². The topological polar surface area (TPSA) is 42.0 Å². The van der Waals surface area contributed by atoms with Gasteiger partial charge in [-0.25, -0.2) is 0 Å². The van der Waals surface area contributed by atoms with E-state index in [1.807, 2.05) is 19.9 Å². The van der Waals surface area contributed by atoms with Crippen LogP contribution in [0.3, 0.4) is 0 Å². The average Bonchev–Trinajstić information content (AvgIpc) is 2.73. The number of nitrogens with zero attached hydrogens (tertiary/aromatic N) is 1. The highest BCUT2D eigenvalue weighted by molar-refractivity contribution is 5.92. The van der Waals surface area contributed by atoms with Crippen molar-refractivity contribution in [3.8, 4) is 0 Å². The Bertz CT molecular complexity index is 667. The maximum absolute atomic E-state index is 12.5. The van der Waals surface area contributed by atoms with Crippen molar-refractivity contribution in [2.45, 2.75) is 39.5 Å². The molecular weight excluding hydrogens is 272 g/mol. The van der Waals surface area contributed by atoms with E-state index in [1.54, 1.807) is 6.20 Å². The molecule has 0 aliphatic heterocycles. The molecule has 0 atom stereocenters. The minimum Gasteiger partial charge on any atom is -0.324 e. The second-order valence-electron chi connectivity index (χ2n) is 6.16. The summed E-state index contributed by atoms with van der Waals surface area (Å²) in [6.45, 7) is 3.99. The first-order chi connectivity index (χ1) is 10.6. The molecule has 3 rings (SSSR count). The molecule has 2 aromatic rings. The Kier molecular flexibility index (Phi) is 4.23. The lowest BCUT2D eigenvalue weighted by Gasteiger charge is -2.14. The van der Waals surface area contributed by atoms with E-state index in [4.69, 9.17) is 0 Å². The highest BCUT2D eigenvalue weighted by Gasteiger charge is 2.22. The third-order valence-corrected chi connectivity index (χ3v) is 4.62. The van der Waals surface area contributed by atoms with Gasteiger partial charge in [0.05, 0.1) is 11.9 Å². The number of aromatic nitrogens is 1. The summed E-state index contributed by atoms with van der Waals surface area (Å²) < 4.78 is 0. The van der Waals surface area contributed by atoms with Crippen LogP contribution in [0.1, 0.15) is 35.2 Å². The predicted molar refractivity (Wildman–Crippen MR) is 88.9 cm³/mol. The van der Waals surface area contributed by atoms with Crippen LogP contribution in [0.4, 0.5) is 5.69 Å². The average molecular weight is 294 g/mol. The van der Waals surface area contributed by atoms with Gasteiger partial charge >= 0.3 is 0 Å². The first-order valence-corrected chi connectivity index (χ1v) is 7.94. The van der Waals surface area contributed by atoms with Gasteiger partial charge in [-0.3, -0.25) is 9.78 Å². The summed E-state index contributed by atoms with van der Waals surface area (Å²) in [6, 6.07) is 10.5. The molecule has 1 aliphatic carbocycles. The molecule has 3 heteroatoms. The summed E-state index contributed by atoms with van der Waals surface area (Å²) in [6.07, 6.45) is 5.55. The third kappa shape index (κ3) is 3.19. The number of carbonyl (C=O) groups excluding carboxylic acids is 1. The highest BCUT2D eigenvalue weighted by Crippen LogP contribution is 2.25. The quantitative estimate of drug-likeness (QED) is 0.855. The number of rotatable bonds is 2. The maximum atomic E-state index is 12.5. The summed E-state index contributed by atoms with van der Waals surface area (Å²) >= 11 is 0. The Morgan fingerprint density at radius 2 is 1.77 bits per heavy atom. The molecule has 1 aliphatic rings. The summed E-state index contributed by atoms with van der Waals surface area (Å²) in [5.41, 5.74) is 5.69.